The van der Waals surface area contributed by atoms with Crippen molar-refractivity contribution in [2.75, 3.05) is 13.2 Å². The predicted octanol–water partition coefficient (Wildman–Crippen LogP) is 2.15. The maximum absolute atomic E-state index is 6.31. The van der Waals surface area contributed by atoms with Crippen LogP contribution in [0, 0.1) is 0 Å². The molecule has 1 aromatic rings. The fraction of sp³-hybridized carbons (Fsp3) is 0.643. The van der Waals surface area contributed by atoms with Crippen LogP contribution in [0.5, 0.6) is 0 Å². The molecule has 3 rings (SSSR count). The summed E-state index contributed by atoms with van der Waals surface area (Å²) in [5, 5.41) is 0.452. The number of halogens is 1. The second-order valence-electron chi connectivity index (χ2n) is 6.43. The molecule has 20 heavy (non-hydrogen) atoms. The van der Waals surface area contributed by atoms with Crippen LogP contribution in [-0.2, 0) is 14.0 Å². The maximum atomic E-state index is 6.31. The van der Waals surface area contributed by atoms with Gasteiger partial charge in [0.1, 0.15) is 5.15 Å². The lowest BCUT2D eigenvalue weighted by Crippen LogP contribution is -2.41. The zero-order chi connectivity index (χ0) is 14.5. The molecule has 2 aliphatic rings. The van der Waals surface area contributed by atoms with Gasteiger partial charge in [-0.3, -0.25) is 0 Å². The van der Waals surface area contributed by atoms with E-state index in [0.29, 0.717) is 24.3 Å². The Labute approximate surface area is 124 Å². The molecule has 6 heteroatoms. The Morgan fingerprint density at radius 2 is 1.80 bits per heavy atom. The van der Waals surface area contributed by atoms with Crippen molar-refractivity contribution in [3.8, 4) is 0 Å². The molecule has 0 spiro atoms. The summed E-state index contributed by atoms with van der Waals surface area (Å²) >= 11 is 6.31. The quantitative estimate of drug-likeness (QED) is 0.619. The smallest absolute Gasteiger partial charge is 0.399 e. The number of pyridine rings is 1. The summed E-state index contributed by atoms with van der Waals surface area (Å²) in [5.41, 5.74) is 1.20. The van der Waals surface area contributed by atoms with Gasteiger partial charge in [-0.25, -0.2) is 4.98 Å². The lowest BCUT2D eigenvalue weighted by atomic mass is 9.73. The molecule has 0 atom stereocenters. The van der Waals surface area contributed by atoms with Crippen LogP contribution in [0.15, 0.2) is 12.3 Å². The SMILES string of the molecule is CC1(C)OB(c2c(C3COC3)ccnc2Cl)OC1(C)C. The van der Waals surface area contributed by atoms with E-state index >= 15 is 0 Å². The zero-order valence-electron chi connectivity index (χ0n) is 12.3. The summed E-state index contributed by atoms with van der Waals surface area (Å²) in [4.78, 5) is 4.19. The predicted molar refractivity (Wildman–Crippen MR) is 78.5 cm³/mol. The summed E-state index contributed by atoms with van der Waals surface area (Å²) in [5.74, 6) is 0.351. The Morgan fingerprint density at radius 1 is 1.20 bits per heavy atom. The molecule has 108 valence electrons. The van der Waals surface area contributed by atoms with E-state index in [1.54, 1.807) is 6.20 Å². The Kier molecular flexibility index (Phi) is 3.37. The summed E-state index contributed by atoms with van der Waals surface area (Å²) in [7, 11) is -0.475. The number of ether oxygens (including phenoxy) is 1. The highest BCUT2D eigenvalue weighted by Crippen LogP contribution is 2.38. The Hall–Kier alpha value is -0.615. The van der Waals surface area contributed by atoms with Gasteiger partial charge in [0, 0.05) is 17.6 Å². The Morgan fingerprint density at radius 3 is 2.30 bits per heavy atom. The van der Waals surface area contributed by atoms with Crippen LogP contribution in [0.4, 0.5) is 0 Å². The standard InChI is InChI=1S/C14H19BClNO3/c1-13(2)14(3,4)20-15(19-13)11-10(9-7-18-8-9)5-6-17-12(11)16/h5-6,9H,7-8H2,1-4H3. The molecule has 4 nitrogen and oxygen atoms in total. The second-order valence-corrected chi connectivity index (χ2v) is 6.79. The third kappa shape index (κ3) is 2.17. The number of aromatic nitrogens is 1. The first-order valence-electron chi connectivity index (χ1n) is 6.89. The monoisotopic (exact) mass is 295 g/mol. The number of rotatable bonds is 2. The van der Waals surface area contributed by atoms with E-state index in [1.165, 1.54) is 0 Å². The summed E-state index contributed by atoms with van der Waals surface area (Å²) in [6.07, 6.45) is 1.73. The molecule has 0 radical (unpaired) electrons. The minimum atomic E-state index is -0.475. The summed E-state index contributed by atoms with van der Waals surface area (Å²) in [6.45, 7) is 9.55. The van der Waals surface area contributed by atoms with Crippen LogP contribution >= 0.6 is 11.6 Å². The highest BCUT2D eigenvalue weighted by Gasteiger charge is 2.53. The fourth-order valence-electron chi connectivity index (χ4n) is 2.43. The summed E-state index contributed by atoms with van der Waals surface area (Å²) < 4.78 is 17.5. The van der Waals surface area contributed by atoms with Gasteiger partial charge in [-0.2, -0.15) is 0 Å². The maximum Gasteiger partial charge on any atom is 0.498 e. The van der Waals surface area contributed by atoms with Crippen LogP contribution in [0.1, 0.15) is 39.2 Å². The fourth-order valence-corrected chi connectivity index (χ4v) is 2.68. The van der Waals surface area contributed by atoms with Gasteiger partial charge in [0.25, 0.3) is 0 Å². The first-order chi connectivity index (χ1) is 9.32. The molecular formula is C14H19BClNO3. The molecule has 1 aromatic heterocycles. The van der Waals surface area contributed by atoms with Crippen molar-refractivity contribution in [3.05, 3.63) is 23.0 Å². The van der Waals surface area contributed by atoms with Gasteiger partial charge < -0.3 is 14.0 Å². The first kappa shape index (κ1) is 14.3. The number of hydrogen-bond acceptors (Lipinski definition) is 4. The van der Waals surface area contributed by atoms with Crippen LogP contribution in [0.25, 0.3) is 0 Å². The van der Waals surface area contributed by atoms with Crippen molar-refractivity contribution >= 4 is 24.2 Å². The molecule has 0 aromatic carbocycles. The van der Waals surface area contributed by atoms with Crippen molar-refractivity contribution in [1.82, 2.24) is 4.98 Å². The lowest BCUT2D eigenvalue weighted by Gasteiger charge is -2.32. The van der Waals surface area contributed by atoms with Crippen LogP contribution in [0.2, 0.25) is 5.15 Å². The van der Waals surface area contributed by atoms with Gasteiger partial charge in [0.2, 0.25) is 0 Å². The average Bonchev–Trinajstić information content (AvgIpc) is 2.45. The van der Waals surface area contributed by atoms with E-state index in [1.807, 2.05) is 33.8 Å². The van der Waals surface area contributed by atoms with Gasteiger partial charge in [0.15, 0.2) is 0 Å². The molecule has 2 saturated heterocycles. The molecule has 2 fully saturated rings. The zero-order valence-corrected chi connectivity index (χ0v) is 13.0. The van der Waals surface area contributed by atoms with Gasteiger partial charge in [-0.1, -0.05) is 11.6 Å². The van der Waals surface area contributed by atoms with Gasteiger partial charge in [-0.15, -0.1) is 0 Å². The van der Waals surface area contributed by atoms with Gasteiger partial charge in [0.05, 0.1) is 24.4 Å². The first-order valence-corrected chi connectivity index (χ1v) is 7.27. The molecule has 0 aliphatic carbocycles. The average molecular weight is 296 g/mol. The molecule has 2 aliphatic heterocycles. The highest BCUT2D eigenvalue weighted by molar-refractivity contribution is 6.66. The van der Waals surface area contributed by atoms with Gasteiger partial charge >= 0.3 is 7.12 Å². The van der Waals surface area contributed by atoms with Gasteiger partial charge in [-0.05, 0) is 39.3 Å². The third-order valence-electron chi connectivity index (χ3n) is 4.54. The molecule has 0 N–H and O–H groups in total. The van der Waals surface area contributed by atoms with Crippen LogP contribution in [-0.4, -0.2) is 36.5 Å². The topological polar surface area (TPSA) is 40.6 Å². The highest BCUT2D eigenvalue weighted by atomic mass is 35.5. The normalized spacial score (nSPS) is 24.8. The van der Waals surface area contributed by atoms with E-state index in [2.05, 4.69) is 4.98 Å². The van der Waals surface area contributed by atoms with Crippen molar-refractivity contribution in [2.45, 2.75) is 44.8 Å². The molecule has 0 bridgehead atoms. The third-order valence-corrected chi connectivity index (χ3v) is 4.84. The Bertz CT molecular complexity index is 515. The number of hydrogen-bond donors (Lipinski definition) is 0. The van der Waals surface area contributed by atoms with Crippen molar-refractivity contribution in [3.63, 3.8) is 0 Å². The van der Waals surface area contributed by atoms with Crippen LogP contribution in [0.3, 0.4) is 0 Å². The van der Waals surface area contributed by atoms with E-state index in [0.717, 1.165) is 11.0 Å². The molecule has 0 amide bonds. The van der Waals surface area contributed by atoms with E-state index in [4.69, 9.17) is 25.6 Å². The summed E-state index contributed by atoms with van der Waals surface area (Å²) in [6, 6.07) is 1.99. The largest absolute Gasteiger partial charge is 0.498 e. The molecular weight excluding hydrogens is 276 g/mol. The molecule has 3 heterocycles. The van der Waals surface area contributed by atoms with Crippen LogP contribution < -0.4 is 5.46 Å². The minimum absolute atomic E-state index is 0.351. The van der Waals surface area contributed by atoms with Crippen molar-refractivity contribution in [2.24, 2.45) is 0 Å². The van der Waals surface area contributed by atoms with Crippen molar-refractivity contribution in [1.29, 1.82) is 0 Å². The van der Waals surface area contributed by atoms with E-state index in [-0.39, 0.29) is 11.2 Å². The van der Waals surface area contributed by atoms with E-state index in [9.17, 15) is 0 Å². The number of nitrogens with zero attached hydrogens (tertiary/aromatic N) is 1. The second kappa shape index (κ2) is 4.70. The van der Waals surface area contributed by atoms with Crippen molar-refractivity contribution < 1.29 is 14.0 Å². The minimum Gasteiger partial charge on any atom is -0.399 e. The lowest BCUT2D eigenvalue weighted by molar-refractivity contribution is 0.00578. The van der Waals surface area contributed by atoms with E-state index < -0.39 is 7.12 Å². The molecule has 0 unspecified atom stereocenters. The Balaban J connectivity index is 1.99. The molecule has 0 saturated carbocycles.